The minimum Gasteiger partial charge on any atom is -0.497 e. The van der Waals surface area contributed by atoms with E-state index in [0.29, 0.717) is 30.0 Å². The summed E-state index contributed by atoms with van der Waals surface area (Å²) in [5, 5.41) is 11.5. The van der Waals surface area contributed by atoms with Crippen LogP contribution in [0.1, 0.15) is 28.3 Å². The molecule has 0 saturated heterocycles. The van der Waals surface area contributed by atoms with Gasteiger partial charge in [-0.2, -0.15) is 0 Å². The van der Waals surface area contributed by atoms with Crippen molar-refractivity contribution in [2.45, 2.75) is 12.5 Å². The summed E-state index contributed by atoms with van der Waals surface area (Å²) < 4.78 is 16.1. The van der Waals surface area contributed by atoms with Crippen LogP contribution in [-0.2, 0) is 11.2 Å². The molecule has 0 aromatic heterocycles. The van der Waals surface area contributed by atoms with Gasteiger partial charge in [0.05, 0.1) is 32.3 Å². The number of nitro groups is 1. The standard InChI is InChI=1S/C27H26N2O6/c1-33-22-10-7-18(8-11-22)9-12-26(30)28-14-13-19-16-24(34-2)25(35-3)17-23(19)27(28)20-5-4-6-21(15-20)29(31)32/h4-12,15-17,27H,13-14H2,1-3H3. The Kier molecular flexibility index (Phi) is 7.01. The second-order valence-corrected chi connectivity index (χ2v) is 8.05. The van der Waals surface area contributed by atoms with Gasteiger partial charge in [0.2, 0.25) is 5.91 Å². The molecule has 1 aliphatic rings. The number of carbonyl (C=O) groups excluding carboxylic acids is 1. The molecule has 0 spiro atoms. The number of carbonyl (C=O) groups is 1. The fourth-order valence-electron chi connectivity index (χ4n) is 4.33. The number of rotatable bonds is 7. The number of ether oxygens (including phenoxy) is 3. The van der Waals surface area contributed by atoms with Crippen molar-refractivity contribution in [3.05, 3.63) is 99.1 Å². The van der Waals surface area contributed by atoms with Gasteiger partial charge in [-0.25, -0.2) is 0 Å². The van der Waals surface area contributed by atoms with Crippen LogP contribution in [0.3, 0.4) is 0 Å². The fourth-order valence-corrected chi connectivity index (χ4v) is 4.33. The molecule has 4 rings (SSSR count). The van der Waals surface area contributed by atoms with E-state index >= 15 is 0 Å². The van der Waals surface area contributed by atoms with Gasteiger partial charge >= 0.3 is 0 Å². The van der Waals surface area contributed by atoms with E-state index in [1.165, 1.54) is 18.2 Å². The zero-order valence-corrected chi connectivity index (χ0v) is 19.8. The molecule has 0 radical (unpaired) electrons. The van der Waals surface area contributed by atoms with E-state index in [4.69, 9.17) is 14.2 Å². The summed E-state index contributed by atoms with van der Waals surface area (Å²) in [6, 6.07) is 17.0. The van der Waals surface area contributed by atoms with Gasteiger partial charge in [0.15, 0.2) is 11.5 Å². The molecule has 0 aliphatic carbocycles. The largest absolute Gasteiger partial charge is 0.497 e. The number of hydrogen-bond acceptors (Lipinski definition) is 6. The van der Waals surface area contributed by atoms with Crippen molar-refractivity contribution in [1.82, 2.24) is 4.90 Å². The maximum absolute atomic E-state index is 13.4. The normalized spacial score (nSPS) is 14.9. The summed E-state index contributed by atoms with van der Waals surface area (Å²) in [5.41, 5.74) is 3.33. The number of amides is 1. The Morgan fingerprint density at radius 2 is 1.71 bits per heavy atom. The van der Waals surface area contributed by atoms with Gasteiger partial charge in [-0.1, -0.05) is 24.3 Å². The molecule has 3 aromatic rings. The SMILES string of the molecule is COc1ccc(C=CC(=O)N2CCc3cc(OC)c(OC)cc3C2c2cccc([N+](=O)[O-])c2)cc1. The number of hydrogen-bond donors (Lipinski definition) is 0. The Balaban J connectivity index is 1.75. The Bertz CT molecular complexity index is 1270. The van der Waals surface area contributed by atoms with E-state index in [1.54, 1.807) is 44.4 Å². The molecule has 1 amide bonds. The molecule has 0 N–H and O–H groups in total. The van der Waals surface area contributed by atoms with Crippen LogP contribution in [0.2, 0.25) is 0 Å². The molecule has 0 saturated carbocycles. The van der Waals surface area contributed by atoms with Crippen molar-refractivity contribution in [3.63, 3.8) is 0 Å². The fraction of sp³-hybridized carbons (Fsp3) is 0.222. The highest BCUT2D eigenvalue weighted by Gasteiger charge is 2.33. The first kappa shape index (κ1) is 23.8. The van der Waals surface area contributed by atoms with E-state index in [0.717, 1.165) is 22.4 Å². The minimum absolute atomic E-state index is 0.0312. The number of fused-ring (bicyclic) bond motifs is 1. The molecule has 1 atom stereocenters. The predicted octanol–water partition coefficient (Wildman–Crippen LogP) is 4.81. The lowest BCUT2D eigenvalue weighted by atomic mass is 9.87. The summed E-state index contributed by atoms with van der Waals surface area (Å²) in [6.07, 6.45) is 3.89. The Morgan fingerprint density at radius 1 is 1.00 bits per heavy atom. The van der Waals surface area contributed by atoms with Crippen molar-refractivity contribution in [1.29, 1.82) is 0 Å². The number of methoxy groups -OCH3 is 3. The molecular formula is C27H26N2O6. The van der Waals surface area contributed by atoms with Crippen LogP contribution in [0.4, 0.5) is 5.69 Å². The van der Waals surface area contributed by atoms with Gasteiger partial charge in [0.25, 0.3) is 5.69 Å². The lowest BCUT2D eigenvalue weighted by molar-refractivity contribution is -0.384. The molecule has 1 unspecified atom stereocenters. The Hall–Kier alpha value is -4.33. The smallest absolute Gasteiger partial charge is 0.269 e. The number of benzene rings is 3. The molecular weight excluding hydrogens is 448 g/mol. The molecule has 1 aliphatic heterocycles. The summed E-state index contributed by atoms with van der Waals surface area (Å²) in [7, 11) is 4.72. The topological polar surface area (TPSA) is 91.1 Å². The maximum atomic E-state index is 13.4. The quantitative estimate of drug-likeness (QED) is 0.277. The third kappa shape index (κ3) is 4.96. The highest BCUT2D eigenvalue weighted by Crippen LogP contribution is 2.41. The van der Waals surface area contributed by atoms with Gasteiger partial charge in [-0.05, 0) is 59.0 Å². The van der Waals surface area contributed by atoms with Crippen LogP contribution in [0.5, 0.6) is 17.2 Å². The van der Waals surface area contributed by atoms with E-state index in [9.17, 15) is 14.9 Å². The Morgan fingerprint density at radius 3 is 2.37 bits per heavy atom. The van der Waals surface area contributed by atoms with Crippen LogP contribution in [0.25, 0.3) is 6.08 Å². The highest BCUT2D eigenvalue weighted by molar-refractivity contribution is 5.92. The van der Waals surface area contributed by atoms with Crippen molar-refractivity contribution in [3.8, 4) is 17.2 Å². The van der Waals surface area contributed by atoms with Crippen LogP contribution in [0.15, 0.2) is 66.7 Å². The van der Waals surface area contributed by atoms with E-state index < -0.39 is 11.0 Å². The number of nitro benzene ring substituents is 1. The third-order valence-corrected chi connectivity index (χ3v) is 6.09. The zero-order chi connectivity index (χ0) is 24.9. The lowest BCUT2D eigenvalue weighted by Crippen LogP contribution is -2.39. The summed E-state index contributed by atoms with van der Waals surface area (Å²) in [4.78, 5) is 26.2. The van der Waals surface area contributed by atoms with E-state index in [1.807, 2.05) is 36.4 Å². The van der Waals surface area contributed by atoms with Crippen molar-refractivity contribution in [2.75, 3.05) is 27.9 Å². The average molecular weight is 475 g/mol. The number of non-ortho nitro benzene ring substituents is 1. The third-order valence-electron chi connectivity index (χ3n) is 6.09. The van der Waals surface area contributed by atoms with Crippen LogP contribution >= 0.6 is 0 Å². The van der Waals surface area contributed by atoms with Gasteiger partial charge in [0.1, 0.15) is 5.75 Å². The lowest BCUT2D eigenvalue weighted by Gasteiger charge is -2.37. The summed E-state index contributed by atoms with van der Waals surface area (Å²) in [6.45, 7) is 0.446. The molecule has 35 heavy (non-hydrogen) atoms. The molecule has 180 valence electrons. The van der Waals surface area contributed by atoms with Crippen molar-refractivity contribution >= 4 is 17.7 Å². The minimum atomic E-state index is -0.522. The molecule has 0 bridgehead atoms. The van der Waals surface area contributed by atoms with Crippen LogP contribution < -0.4 is 14.2 Å². The van der Waals surface area contributed by atoms with E-state index in [-0.39, 0.29) is 11.6 Å². The predicted molar refractivity (Wildman–Crippen MR) is 132 cm³/mol. The van der Waals surface area contributed by atoms with Gasteiger partial charge < -0.3 is 19.1 Å². The van der Waals surface area contributed by atoms with Crippen LogP contribution in [-0.4, -0.2) is 43.6 Å². The highest BCUT2D eigenvalue weighted by atomic mass is 16.6. The van der Waals surface area contributed by atoms with Gasteiger partial charge in [-0.3, -0.25) is 14.9 Å². The average Bonchev–Trinajstić information content (AvgIpc) is 2.90. The van der Waals surface area contributed by atoms with Crippen molar-refractivity contribution < 1.29 is 23.9 Å². The second kappa shape index (κ2) is 10.3. The first-order valence-corrected chi connectivity index (χ1v) is 11.1. The van der Waals surface area contributed by atoms with Crippen LogP contribution in [0, 0.1) is 10.1 Å². The first-order valence-electron chi connectivity index (χ1n) is 11.1. The zero-order valence-electron chi connectivity index (χ0n) is 19.8. The second-order valence-electron chi connectivity index (χ2n) is 8.05. The molecule has 1 heterocycles. The monoisotopic (exact) mass is 474 g/mol. The molecule has 0 fully saturated rings. The Labute approximate surface area is 203 Å². The summed E-state index contributed by atoms with van der Waals surface area (Å²) >= 11 is 0. The van der Waals surface area contributed by atoms with Gasteiger partial charge in [0, 0.05) is 24.8 Å². The molecule has 8 heteroatoms. The molecule has 8 nitrogen and oxygen atoms in total. The van der Waals surface area contributed by atoms with E-state index in [2.05, 4.69) is 0 Å². The maximum Gasteiger partial charge on any atom is 0.269 e. The first-order chi connectivity index (χ1) is 16.9. The van der Waals surface area contributed by atoms with Crippen molar-refractivity contribution in [2.24, 2.45) is 0 Å². The molecule has 3 aromatic carbocycles. The number of nitrogens with zero attached hydrogens (tertiary/aromatic N) is 2. The summed E-state index contributed by atoms with van der Waals surface area (Å²) in [5.74, 6) is 1.67. The van der Waals surface area contributed by atoms with Gasteiger partial charge in [-0.15, -0.1) is 0 Å².